The maximum atomic E-state index is 15.5. The summed E-state index contributed by atoms with van der Waals surface area (Å²) in [6.45, 7) is 0. The standard InChI is InChI=1S/C27H20F2N4O5S2/c28-22-10-11-23(33-39(35,36)15-16-4-2-1-3-5-16)25(29)24(22)26(34)21-14-32-27-20(21)12-18(13-31-27)17-6-8-19(9-7-17)40(30,37)38/h1-14,33H,15H2,(H,31,32)(H2,30,37,38). The third kappa shape index (κ3) is 5.47. The molecule has 0 aliphatic carbocycles. The van der Waals surface area contributed by atoms with E-state index in [0.29, 0.717) is 16.7 Å². The number of pyridine rings is 1. The molecule has 3 aromatic carbocycles. The number of sulfonamides is 2. The molecule has 13 heteroatoms. The first kappa shape index (κ1) is 27.1. The number of carbonyl (C=O) groups excluding carboxylic acids is 1. The Labute approximate surface area is 227 Å². The molecule has 9 nitrogen and oxygen atoms in total. The molecule has 2 aromatic heterocycles. The van der Waals surface area contributed by atoms with Crippen LogP contribution in [0.5, 0.6) is 0 Å². The molecule has 5 rings (SSSR count). The first-order valence-electron chi connectivity index (χ1n) is 11.6. The number of ketones is 1. The third-order valence-electron chi connectivity index (χ3n) is 6.08. The Morgan fingerprint density at radius 1 is 0.925 bits per heavy atom. The Morgan fingerprint density at radius 2 is 1.62 bits per heavy atom. The van der Waals surface area contributed by atoms with Gasteiger partial charge in [0.1, 0.15) is 11.5 Å². The zero-order valence-corrected chi connectivity index (χ0v) is 22.1. The Kier molecular flexibility index (Phi) is 6.96. The monoisotopic (exact) mass is 582 g/mol. The lowest BCUT2D eigenvalue weighted by Gasteiger charge is -2.12. The number of nitrogens with zero attached hydrogens (tertiary/aromatic N) is 1. The van der Waals surface area contributed by atoms with Gasteiger partial charge >= 0.3 is 0 Å². The van der Waals surface area contributed by atoms with Gasteiger partial charge in [-0.25, -0.2) is 35.7 Å². The summed E-state index contributed by atoms with van der Waals surface area (Å²) in [5, 5.41) is 5.38. The molecule has 0 unspecified atom stereocenters. The summed E-state index contributed by atoms with van der Waals surface area (Å²) in [5.74, 6) is -4.03. The fourth-order valence-corrected chi connectivity index (χ4v) is 5.87. The smallest absolute Gasteiger partial charge is 0.238 e. The number of halogens is 2. The van der Waals surface area contributed by atoms with Crippen LogP contribution in [0.1, 0.15) is 21.5 Å². The van der Waals surface area contributed by atoms with Crippen LogP contribution in [-0.4, -0.2) is 32.6 Å². The van der Waals surface area contributed by atoms with E-state index in [-0.39, 0.29) is 21.5 Å². The van der Waals surface area contributed by atoms with Crippen molar-refractivity contribution in [3.05, 3.63) is 114 Å². The van der Waals surface area contributed by atoms with Crippen LogP contribution in [0.15, 0.2) is 90.1 Å². The minimum absolute atomic E-state index is 0.0898. The van der Waals surface area contributed by atoms with Gasteiger partial charge in [-0.15, -0.1) is 0 Å². The van der Waals surface area contributed by atoms with Crippen molar-refractivity contribution in [2.75, 3.05) is 4.72 Å². The second-order valence-corrected chi connectivity index (χ2v) is 12.1. The van der Waals surface area contributed by atoms with E-state index < -0.39 is 54.5 Å². The Morgan fingerprint density at radius 3 is 2.30 bits per heavy atom. The zero-order valence-electron chi connectivity index (χ0n) is 20.4. The van der Waals surface area contributed by atoms with Crippen molar-refractivity contribution < 1.29 is 30.4 Å². The van der Waals surface area contributed by atoms with E-state index in [0.717, 1.165) is 12.1 Å². The number of rotatable bonds is 8. The van der Waals surface area contributed by atoms with E-state index >= 15 is 4.39 Å². The number of nitrogens with one attached hydrogen (secondary N) is 2. The second kappa shape index (κ2) is 10.3. The highest BCUT2D eigenvalue weighted by atomic mass is 32.2. The number of H-pyrrole nitrogens is 1. The summed E-state index contributed by atoms with van der Waals surface area (Å²) < 4.78 is 80.7. The quantitative estimate of drug-likeness (QED) is 0.232. The molecule has 0 spiro atoms. The van der Waals surface area contributed by atoms with E-state index in [1.807, 2.05) is 0 Å². The van der Waals surface area contributed by atoms with Gasteiger partial charge in [-0.3, -0.25) is 9.52 Å². The molecular formula is C27H20F2N4O5S2. The number of aromatic nitrogens is 2. The number of aromatic amines is 1. The highest BCUT2D eigenvalue weighted by Gasteiger charge is 2.26. The molecule has 0 radical (unpaired) electrons. The van der Waals surface area contributed by atoms with Crippen molar-refractivity contribution in [1.29, 1.82) is 0 Å². The van der Waals surface area contributed by atoms with E-state index in [2.05, 4.69) is 14.7 Å². The van der Waals surface area contributed by atoms with Crippen LogP contribution >= 0.6 is 0 Å². The van der Waals surface area contributed by atoms with E-state index in [1.54, 1.807) is 36.4 Å². The molecule has 0 bridgehead atoms. The molecule has 5 aromatic rings. The summed E-state index contributed by atoms with van der Waals surface area (Å²) in [6.07, 6.45) is 2.72. The number of primary sulfonamides is 1. The maximum Gasteiger partial charge on any atom is 0.238 e. The van der Waals surface area contributed by atoms with Crippen molar-refractivity contribution in [3.8, 4) is 11.1 Å². The predicted molar refractivity (Wildman–Crippen MR) is 145 cm³/mol. The summed E-state index contributed by atoms with van der Waals surface area (Å²) in [6, 6.07) is 17.1. The van der Waals surface area contributed by atoms with Gasteiger partial charge in [0.15, 0.2) is 5.82 Å². The Bertz CT molecular complexity index is 1980. The average Bonchev–Trinajstić information content (AvgIpc) is 3.33. The van der Waals surface area contributed by atoms with Gasteiger partial charge in [-0.05, 0) is 41.5 Å². The summed E-state index contributed by atoms with van der Waals surface area (Å²) in [5.41, 5.74) is 0.133. The molecule has 0 aliphatic heterocycles. The second-order valence-electron chi connectivity index (χ2n) is 8.85. The van der Waals surface area contributed by atoms with Gasteiger partial charge in [-0.2, -0.15) is 0 Å². The fraction of sp³-hybridized carbons (Fsp3) is 0.0370. The van der Waals surface area contributed by atoms with E-state index in [4.69, 9.17) is 5.14 Å². The first-order valence-corrected chi connectivity index (χ1v) is 14.8. The lowest BCUT2D eigenvalue weighted by atomic mass is 10.00. The lowest BCUT2D eigenvalue weighted by Crippen LogP contribution is -2.18. The number of anilines is 1. The fourth-order valence-electron chi connectivity index (χ4n) is 4.16. The topological polar surface area (TPSA) is 152 Å². The number of hydrogen-bond donors (Lipinski definition) is 3. The zero-order chi connectivity index (χ0) is 28.7. The van der Waals surface area contributed by atoms with Crippen LogP contribution in [0.3, 0.4) is 0 Å². The Hall–Kier alpha value is -4.46. The number of fused-ring (bicyclic) bond motifs is 1. The van der Waals surface area contributed by atoms with Gasteiger partial charge in [0.2, 0.25) is 25.8 Å². The molecule has 40 heavy (non-hydrogen) atoms. The average molecular weight is 583 g/mol. The van der Waals surface area contributed by atoms with E-state index in [9.17, 15) is 26.0 Å². The molecule has 0 aliphatic rings. The molecule has 0 saturated heterocycles. The van der Waals surface area contributed by atoms with Crippen LogP contribution < -0.4 is 9.86 Å². The van der Waals surface area contributed by atoms with Gasteiger partial charge in [-0.1, -0.05) is 42.5 Å². The highest BCUT2D eigenvalue weighted by Crippen LogP contribution is 2.30. The molecule has 0 amide bonds. The normalized spacial score (nSPS) is 12.0. The third-order valence-corrected chi connectivity index (χ3v) is 8.25. The molecule has 2 heterocycles. The maximum absolute atomic E-state index is 15.5. The van der Waals surface area contributed by atoms with Crippen LogP contribution in [0.4, 0.5) is 14.5 Å². The minimum Gasteiger partial charge on any atom is -0.345 e. The van der Waals surface area contributed by atoms with Crippen molar-refractivity contribution in [2.45, 2.75) is 10.6 Å². The largest absolute Gasteiger partial charge is 0.345 e. The van der Waals surface area contributed by atoms with Crippen molar-refractivity contribution in [1.82, 2.24) is 9.97 Å². The van der Waals surface area contributed by atoms with Crippen molar-refractivity contribution in [3.63, 3.8) is 0 Å². The van der Waals surface area contributed by atoms with Gasteiger partial charge in [0.25, 0.3) is 0 Å². The molecule has 4 N–H and O–H groups in total. The Balaban J connectivity index is 1.49. The SMILES string of the molecule is NS(=O)(=O)c1ccc(-c2cnc3[nH]cc(C(=O)c4c(F)ccc(NS(=O)(=O)Cc5ccccc5)c4F)c3c2)cc1. The number of benzene rings is 3. The first-order chi connectivity index (χ1) is 18.9. The minimum atomic E-state index is -4.09. The summed E-state index contributed by atoms with van der Waals surface area (Å²) >= 11 is 0. The molecule has 204 valence electrons. The number of carbonyl (C=O) groups is 1. The predicted octanol–water partition coefficient (Wildman–Crippen LogP) is 4.33. The van der Waals surface area contributed by atoms with Gasteiger partial charge < -0.3 is 4.98 Å². The molecule has 0 atom stereocenters. The van der Waals surface area contributed by atoms with Crippen molar-refractivity contribution >= 4 is 42.6 Å². The van der Waals surface area contributed by atoms with Crippen molar-refractivity contribution in [2.24, 2.45) is 5.14 Å². The van der Waals surface area contributed by atoms with Crippen LogP contribution in [0.25, 0.3) is 22.2 Å². The van der Waals surface area contributed by atoms with Gasteiger partial charge in [0, 0.05) is 28.9 Å². The highest BCUT2D eigenvalue weighted by molar-refractivity contribution is 7.91. The molecule has 0 fully saturated rings. The number of hydrogen-bond acceptors (Lipinski definition) is 6. The number of nitrogens with two attached hydrogens (primary N) is 1. The summed E-state index contributed by atoms with van der Waals surface area (Å²) in [4.78, 5) is 20.3. The molecular weight excluding hydrogens is 562 g/mol. The van der Waals surface area contributed by atoms with Crippen LogP contribution in [0.2, 0.25) is 0 Å². The van der Waals surface area contributed by atoms with Crippen LogP contribution in [0, 0.1) is 11.6 Å². The van der Waals surface area contributed by atoms with Gasteiger partial charge in [0.05, 0.1) is 21.9 Å². The van der Waals surface area contributed by atoms with E-state index in [1.165, 1.54) is 36.7 Å². The molecule has 0 saturated carbocycles. The lowest BCUT2D eigenvalue weighted by molar-refractivity contribution is 0.103. The summed E-state index contributed by atoms with van der Waals surface area (Å²) in [7, 11) is -7.98. The van der Waals surface area contributed by atoms with Crippen LogP contribution in [-0.2, 0) is 25.8 Å².